The molecule has 2 aromatic rings. The smallest absolute Gasteiger partial charge is 0.254 e. The molecular weight excluding hydrogens is 249 g/mol. The molecule has 0 aromatic carbocycles. The second-order valence-corrected chi connectivity index (χ2v) is 4.02. The van der Waals surface area contributed by atoms with Gasteiger partial charge in [-0.2, -0.15) is 0 Å². The zero-order valence-electron chi connectivity index (χ0n) is 10.4. The maximum atomic E-state index is 13.6. The van der Waals surface area contributed by atoms with Crippen LogP contribution >= 0.6 is 0 Å². The number of imidazole rings is 1. The Hall–Kier alpha value is -2.44. The van der Waals surface area contributed by atoms with Gasteiger partial charge >= 0.3 is 0 Å². The Morgan fingerprint density at radius 1 is 1.47 bits per heavy atom. The van der Waals surface area contributed by atoms with Crippen LogP contribution in [-0.2, 0) is 13.5 Å². The largest absolute Gasteiger partial charge is 0.381 e. The van der Waals surface area contributed by atoms with E-state index in [0.29, 0.717) is 13.0 Å². The number of carbonyl (C=O) groups is 1. The second kappa shape index (κ2) is 5.47. The molecule has 19 heavy (non-hydrogen) atoms. The molecule has 7 heteroatoms. The Morgan fingerprint density at radius 3 is 2.95 bits per heavy atom. The molecule has 0 saturated heterocycles. The fourth-order valence-corrected chi connectivity index (χ4v) is 1.66. The summed E-state index contributed by atoms with van der Waals surface area (Å²) >= 11 is 0. The molecule has 2 heterocycles. The Kier molecular flexibility index (Phi) is 3.74. The van der Waals surface area contributed by atoms with E-state index in [1.54, 1.807) is 6.20 Å². The van der Waals surface area contributed by atoms with Crippen molar-refractivity contribution >= 4 is 11.7 Å². The van der Waals surface area contributed by atoms with Gasteiger partial charge in [0.15, 0.2) is 11.6 Å². The van der Waals surface area contributed by atoms with Crippen LogP contribution in [-0.4, -0.2) is 27.0 Å². The van der Waals surface area contributed by atoms with Gasteiger partial charge in [0.1, 0.15) is 5.82 Å². The average molecular weight is 263 g/mol. The number of anilines is 1. The van der Waals surface area contributed by atoms with Crippen LogP contribution in [0.3, 0.4) is 0 Å². The van der Waals surface area contributed by atoms with Gasteiger partial charge in [0, 0.05) is 38.6 Å². The van der Waals surface area contributed by atoms with Gasteiger partial charge in [-0.1, -0.05) is 0 Å². The van der Waals surface area contributed by atoms with E-state index >= 15 is 0 Å². The number of nitrogen functional groups attached to an aromatic ring is 1. The van der Waals surface area contributed by atoms with Crippen molar-refractivity contribution in [1.82, 2.24) is 19.9 Å². The highest BCUT2D eigenvalue weighted by Gasteiger charge is 2.14. The quantitative estimate of drug-likeness (QED) is 0.841. The Labute approximate surface area is 109 Å². The number of nitrogens with two attached hydrogens (primary N) is 1. The number of carbonyl (C=O) groups excluding carboxylic acids is 1. The first kappa shape index (κ1) is 13.0. The first-order valence-electron chi connectivity index (χ1n) is 5.74. The van der Waals surface area contributed by atoms with E-state index in [-0.39, 0.29) is 11.4 Å². The molecule has 0 atom stereocenters. The van der Waals surface area contributed by atoms with E-state index in [4.69, 9.17) is 5.73 Å². The van der Waals surface area contributed by atoms with Gasteiger partial charge in [0.25, 0.3) is 5.91 Å². The van der Waals surface area contributed by atoms with Crippen LogP contribution in [0.2, 0.25) is 0 Å². The van der Waals surface area contributed by atoms with Crippen LogP contribution in [0.4, 0.5) is 10.2 Å². The standard InChI is InChI=1S/C12H14FN5O/c1-18-7-6-15-9(18)3-5-17-12(19)8-2-4-16-11(14)10(8)13/h2,4,6-7H,3,5H2,1H3,(H2,14,16)(H,17,19). The van der Waals surface area contributed by atoms with E-state index in [0.717, 1.165) is 5.82 Å². The summed E-state index contributed by atoms with van der Waals surface area (Å²) in [6.07, 6.45) is 5.37. The number of hydrogen-bond donors (Lipinski definition) is 2. The fourth-order valence-electron chi connectivity index (χ4n) is 1.66. The van der Waals surface area contributed by atoms with E-state index in [1.165, 1.54) is 12.3 Å². The zero-order chi connectivity index (χ0) is 13.8. The molecule has 100 valence electrons. The van der Waals surface area contributed by atoms with Crippen molar-refractivity contribution in [2.75, 3.05) is 12.3 Å². The molecule has 0 spiro atoms. The highest BCUT2D eigenvalue weighted by Crippen LogP contribution is 2.11. The van der Waals surface area contributed by atoms with Crippen LogP contribution in [0, 0.1) is 5.82 Å². The third kappa shape index (κ3) is 2.87. The average Bonchev–Trinajstić information content (AvgIpc) is 2.78. The van der Waals surface area contributed by atoms with Gasteiger partial charge in [-0.3, -0.25) is 4.79 Å². The number of nitrogens with one attached hydrogen (secondary N) is 1. The van der Waals surface area contributed by atoms with Crippen molar-refractivity contribution in [2.24, 2.45) is 7.05 Å². The SMILES string of the molecule is Cn1ccnc1CCNC(=O)c1ccnc(N)c1F. The Bertz CT molecular complexity index is 596. The van der Waals surface area contributed by atoms with Crippen LogP contribution in [0.5, 0.6) is 0 Å². The van der Waals surface area contributed by atoms with Crippen molar-refractivity contribution in [3.8, 4) is 0 Å². The van der Waals surface area contributed by atoms with Crippen LogP contribution in [0.1, 0.15) is 16.2 Å². The van der Waals surface area contributed by atoms with Crippen molar-refractivity contribution in [3.05, 3.63) is 41.9 Å². The predicted molar refractivity (Wildman–Crippen MR) is 67.9 cm³/mol. The minimum atomic E-state index is -0.794. The molecule has 0 bridgehead atoms. The molecular formula is C12H14FN5O. The number of rotatable bonds is 4. The predicted octanol–water partition coefficient (Wildman–Crippen LogP) is 0.509. The third-order valence-corrected chi connectivity index (χ3v) is 2.72. The number of amides is 1. The summed E-state index contributed by atoms with van der Waals surface area (Å²) in [5.74, 6) is -0.746. The lowest BCUT2D eigenvalue weighted by atomic mass is 10.2. The van der Waals surface area contributed by atoms with Crippen molar-refractivity contribution in [3.63, 3.8) is 0 Å². The van der Waals surface area contributed by atoms with Gasteiger partial charge in [-0.15, -0.1) is 0 Å². The number of halogens is 1. The summed E-state index contributed by atoms with van der Waals surface area (Å²) in [7, 11) is 1.87. The second-order valence-electron chi connectivity index (χ2n) is 4.02. The third-order valence-electron chi connectivity index (χ3n) is 2.72. The molecule has 0 unspecified atom stereocenters. The lowest BCUT2D eigenvalue weighted by Crippen LogP contribution is -2.27. The normalized spacial score (nSPS) is 10.4. The fraction of sp³-hybridized carbons (Fsp3) is 0.250. The zero-order valence-corrected chi connectivity index (χ0v) is 10.4. The molecule has 0 aliphatic carbocycles. The molecule has 0 radical (unpaired) electrons. The van der Waals surface area contributed by atoms with E-state index in [9.17, 15) is 9.18 Å². The number of pyridine rings is 1. The lowest BCUT2D eigenvalue weighted by molar-refractivity contribution is 0.0950. The Balaban J connectivity index is 1.95. The molecule has 2 aromatic heterocycles. The van der Waals surface area contributed by atoms with Crippen molar-refractivity contribution < 1.29 is 9.18 Å². The molecule has 0 saturated carbocycles. The maximum absolute atomic E-state index is 13.6. The molecule has 1 amide bonds. The van der Waals surface area contributed by atoms with Crippen molar-refractivity contribution in [2.45, 2.75) is 6.42 Å². The molecule has 0 fully saturated rings. The highest BCUT2D eigenvalue weighted by molar-refractivity contribution is 5.95. The number of aromatic nitrogens is 3. The molecule has 0 aliphatic rings. The van der Waals surface area contributed by atoms with Crippen LogP contribution < -0.4 is 11.1 Å². The number of aryl methyl sites for hydroxylation is 1. The summed E-state index contributed by atoms with van der Waals surface area (Å²) in [6, 6.07) is 1.29. The Morgan fingerprint density at radius 2 is 2.26 bits per heavy atom. The molecule has 0 aliphatic heterocycles. The van der Waals surface area contributed by atoms with Gasteiger partial charge in [-0.05, 0) is 6.07 Å². The maximum Gasteiger partial charge on any atom is 0.254 e. The van der Waals surface area contributed by atoms with Gasteiger partial charge < -0.3 is 15.6 Å². The minimum absolute atomic E-state index is 0.104. The number of hydrogen-bond acceptors (Lipinski definition) is 4. The highest BCUT2D eigenvalue weighted by atomic mass is 19.1. The minimum Gasteiger partial charge on any atom is -0.381 e. The van der Waals surface area contributed by atoms with E-state index < -0.39 is 11.7 Å². The van der Waals surface area contributed by atoms with Gasteiger partial charge in [-0.25, -0.2) is 14.4 Å². The number of nitrogens with zero attached hydrogens (tertiary/aromatic N) is 3. The van der Waals surface area contributed by atoms with E-state index in [1.807, 2.05) is 17.8 Å². The molecule has 3 N–H and O–H groups in total. The first-order valence-corrected chi connectivity index (χ1v) is 5.74. The van der Waals surface area contributed by atoms with Gasteiger partial charge in [0.2, 0.25) is 0 Å². The summed E-state index contributed by atoms with van der Waals surface area (Å²) in [5.41, 5.74) is 5.20. The summed E-state index contributed by atoms with van der Waals surface area (Å²) in [4.78, 5) is 19.5. The van der Waals surface area contributed by atoms with Crippen molar-refractivity contribution in [1.29, 1.82) is 0 Å². The molecule has 6 nitrogen and oxygen atoms in total. The topological polar surface area (TPSA) is 85.8 Å². The monoisotopic (exact) mass is 263 g/mol. The van der Waals surface area contributed by atoms with Gasteiger partial charge in [0.05, 0.1) is 5.56 Å². The lowest BCUT2D eigenvalue weighted by Gasteiger charge is -2.07. The first-order chi connectivity index (χ1) is 9.09. The van der Waals surface area contributed by atoms with E-state index in [2.05, 4.69) is 15.3 Å². The van der Waals surface area contributed by atoms with Crippen LogP contribution in [0.15, 0.2) is 24.7 Å². The summed E-state index contributed by atoms with van der Waals surface area (Å²) in [6.45, 7) is 0.366. The van der Waals surface area contributed by atoms with Crippen LogP contribution in [0.25, 0.3) is 0 Å². The summed E-state index contributed by atoms with van der Waals surface area (Å²) in [5, 5.41) is 2.62. The summed E-state index contributed by atoms with van der Waals surface area (Å²) < 4.78 is 15.4. The molecule has 2 rings (SSSR count).